The zero-order valence-corrected chi connectivity index (χ0v) is 11.8. The lowest BCUT2D eigenvalue weighted by atomic mass is 9.87. The van der Waals surface area contributed by atoms with Crippen LogP contribution in [-0.2, 0) is 4.74 Å². The first-order chi connectivity index (χ1) is 7.62. The maximum atomic E-state index is 5.03. The zero-order valence-electron chi connectivity index (χ0n) is 11.8. The molecule has 0 aromatic heterocycles. The highest BCUT2D eigenvalue weighted by Crippen LogP contribution is 2.22. The number of unbranched alkanes of at least 4 members (excludes halogenated alkanes) is 3. The lowest BCUT2D eigenvalue weighted by Crippen LogP contribution is -2.30. The van der Waals surface area contributed by atoms with Crippen LogP contribution < -0.4 is 5.32 Å². The van der Waals surface area contributed by atoms with Crippen molar-refractivity contribution in [2.45, 2.75) is 59.3 Å². The number of hydrogen-bond donors (Lipinski definition) is 1. The van der Waals surface area contributed by atoms with Crippen molar-refractivity contribution in [3.05, 3.63) is 0 Å². The van der Waals surface area contributed by atoms with Gasteiger partial charge >= 0.3 is 0 Å². The summed E-state index contributed by atoms with van der Waals surface area (Å²) in [5.74, 6) is 0. The minimum Gasteiger partial charge on any atom is -0.385 e. The molecule has 0 heterocycles. The Morgan fingerprint density at radius 3 is 2.44 bits per heavy atom. The van der Waals surface area contributed by atoms with Crippen molar-refractivity contribution in [3.8, 4) is 0 Å². The van der Waals surface area contributed by atoms with Gasteiger partial charge in [-0.2, -0.15) is 0 Å². The molecule has 98 valence electrons. The summed E-state index contributed by atoms with van der Waals surface area (Å²) >= 11 is 0. The number of ether oxygens (including phenoxy) is 1. The Morgan fingerprint density at radius 1 is 1.06 bits per heavy atom. The molecule has 2 heteroatoms. The summed E-state index contributed by atoms with van der Waals surface area (Å²) in [4.78, 5) is 0. The van der Waals surface area contributed by atoms with Gasteiger partial charge in [-0.15, -0.1) is 0 Å². The molecule has 0 amide bonds. The normalized spacial score (nSPS) is 12.0. The van der Waals surface area contributed by atoms with Crippen LogP contribution in [0, 0.1) is 5.41 Å². The van der Waals surface area contributed by atoms with E-state index in [1.54, 1.807) is 7.11 Å². The molecule has 0 fully saturated rings. The fourth-order valence-corrected chi connectivity index (χ4v) is 1.87. The third kappa shape index (κ3) is 10.4. The molecule has 0 saturated heterocycles. The first kappa shape index (κ1) is 15.9. The summed E-state index contributed by atoms with van der Waals surface area (Å²) in [5, 5.41) is 3.56. The van der Waals surface area contributed by atoms with Gasteiger partial charge in [-0.3, -0.25) is 0 Å². The summed E-state index contributed by atoms with van der Waals surface area (Å²) in [6.45, 7) is 10.2. The van der Waals surface area contributed by atoms with E-state index in [1.165, 1.54) is 38.5 Å². The van der Waals surface area contributed by atoms with E-state index in [-0.39, 0.29) is 0 Å². The van der Waals surface area contributed by atoms with Crippen LogP contribution in [-0.4, -0.2) is 26.8 Å². The monoisotopic (exact) mass is 229 g/mol. The molecule has 16 heavy (non-hydrogen) atoms. The van der Waals surface area contributed by atoms with Crippen LogP contribution in [0.1, 0.15) is 59.3 Å². The lowest BCUT2D eigenvalue weighted by molar-refractivity contribution is 0.192. The topological polar surface area (TPSA) is 21.3 Å². The van der Waals surface area contributed by atoms with Crippen molar-refractivity contribution in [1.82, 2.24) is 5.32 Å². The molecule has 0 bridgehead atoms. The summed E-state index contributed by atoms with van der Waals surface area (Å²) in [5.41, 5.74) is 0.455. The smallest absolute Gasteiger partial charge is 0.0462 e. The standard InChI is InChI=1S/C14H31NO/c1-5-6-7-10-14(2,3)13-15-11-8-9-12-16-4/h15H,5-13H2,1-4H3. The molecule has 1 N–H and O–H groups in total. The van der Waals surface area contributed by atoms with Gasteiger partial charge in [0.1, 0.15) is 0 Å². The molecule has 0 aliphatic rings. The molecule has 0 aromatic rings. The van der Waals surface area contributed by atoms with Gasteiger partial charge < -0.3 is 10.1 Å². The second-order valence-corrected chi connectivity index (χ2v) is 5.50. The summed E-state index contributed by atoms with van der Waals surface area (Å²) < 4.78 is 5.03. The lowest BCUT2D eigenvalue weighted by Gasteiger charge is -2.25. The van der Waals surface area contributed by atoms with Crippen LogP contribution in [0.25, 0.3) is 0 Å². The summed E-state index contributed by atoms with van der Waals surface area (Å²) in [7, 11) is 1.77. The second-order valence-electron chi connectivity index (χ2n) is 5.50. The van der Waals surface area contributed by atoms with Crippen molar-refractivity contribution in [2.75, 3.05) is 26.8 Å². The fraction of sp³-hybridized carbons (Fsp3) is 1.00. The zero-order chi connectivity index (χ0) is 12.3. The largest absolute Gasteiger partial charge is 0.385 e. The van der Waals surface area contributed by atoms with Gasteiger partial charge in [-0.1, -0.05) is 40.0 Å². The summed E-state index contributed by atoms with van der Waals surface area (Å²) in [6, 6.07) is 0. The maximum Gasteiger partial charge on any atom is 0.0462 e. The van der Waals surface area contributed by atoms with Crippen LogP contribution in [0.3, 0.4) is 0 Å². The van der Waals surface area contributed by atoms with Crippen LogP contribution in [0.5, 0.6) is 0 Å². The van der Waals surface area contributed by atoms with Crippen molar-refractivity contribution in [3.63, 3.8) is 0 Å². The predicted octanol–water partition coefficient (Wildman–Crippen LogP) is 3.61. The predicted molar refractivity (Wildman–Crippen MR) is 71.9 cm³/mol. The summed E-state index contributed by atoms with van der Waals surface area (Å²) in [6.07, 6.45) is 7.79. The third-order valence-electron chi connectivity index (χ3n) is 3.01. The number of hydrogen-bond acceptors (Lipinski definition) is 2. The maximum absolute atomic E-state index is 5.03. The van der Waals surface area contributed by atoms with Crippen molar-refractivity contribution in [1.29, 1.82) is 0 Å². The van der Waals surface area contributed by atoms with Crippen molar-refractivity contribution < 1.29 is 4.74 Å². The minimum absolute atomic E-state index is 0.455. The minimum atomic E-state index is 0.455. The first-order valence-corrected chi connectivity index (χ1v) is 6.82. The van der Waals surface area contributed by atoms with Gasteiger partial charge in [0.15, 0.2) is 0 Å². The second kappa shape index (κ2) is 10.1. The molecule has 0 aliphatic carbocycles. The molecule has 0 radical (unpaired) electrons. The molecule has 0 unspecified atom stereocenters. The molecule has 0 rings (SSSR count). The van der Waals surface area contributed by atoms with Gasteiger partial charge in [0.05, 0.1) is 0 Å². The molecular formula is C14H31NO. The van der Waals surface area contributed by atoms with Crippen molar-refractivity contribution in [2.24, 2.45) is 5.41 Å². The SMILES string of the molecule is CCCCCC(C)(C)CNCCCCOC. The highest BCUT2D eigenvalue weighted by molar-refractivity contribution is 4.71. The molecule has 2 nitrogen and oxygen atoms in total. The Labute approximate surface area is 102 Å². The Hall–Kier alpha value is -0.0800. The van der Waals surface area contributed by atoms with Gasteiger partial charge in [0.2, 0.25) is 0 Å². The molecule has 0 saturated carbocycles. The average Bonchev–Trinajstić information content (AvgIpc) is 2.23. The Balaban J connectivity index is 3.35. The Kier molecular flexibility index (Phi) is 10.0. The van der Waals surface area contributed by atoms with E-state index < -0.39 is 0 Å². The van der Waals surface area contributed by atoms with E-state index in [2.05, 4.69) is 26.1 Å². The fourth-order valence-electron chi connectivity index (χ4n) is 1.87. The Bertz CT molecular complexity index is 146. The molecular weight excluding hydrogens is 198 g/mol. The van der Waals surface area contributed by atoms with Crippen LogP contribution in [0.2, 0.25) is 0 Å². The van der Waals surface area contributed by atoms with Crippen LogP contribution >= 0.6 is 0 Å². The van der Waals surface area contributed by atoms with E-state index in [1.807, 2.05) is 0 Å². The van der Waals surface area contributed by atoms with E-state index >= 15 is 0 Å². The number of nitrogens with one attached hydrogen (secondary N) is 1. The van der Waals surface area contributed by atoms with Gasteiger partial charge in [0.25, 0.3) is 0 Å². The van der Waals surface area contributed by atoms with Gasteiger partial charge in [-0.25, -0.2) is 0 Å². The number of rotatable bonds is 11. The Morgan fingerprint density at radius 2 is 1.81 bits per heavy atom. The van der Waals surface area contributed by atoms with Crippen molar-refractivity contribution >= 4 is 0 Å². The molecule has 0 aromatic carbocycles. The van der Waals surface area contributed by atoms with E-state index in [0.29, 0.717) is 5.41 Å². The van der Waals surface area contributed by atoms with Gasteiger partial charge in [0, 0.05) is 20.3 Å². The third-order valence-corrected chi connectivity index (χ3v) is 3.01. The molecule has 0 aliphatic heterocycles. The van der Waals surface area contributed by atoms with E-state index in [4.69, 9.17) is 4.74 Å². The quantitative estimate of drug-likeness (QED) is 0.546. The van der Waals surface area contributed by atoms with E-state index in [0.717, 1.165) is 19.7 Å². The van der Waals surface area contributed by atoms with Crippen LogP contribution in [0.4, 0.5) is 0 Å². The average molecular weight is 229 g/mol. The number of methoxy groups -OCH3 is 1. The molecule has 0 spiro atoms. The molecule has 0 atom stereocenters. The van der Waals surface area contributed by atoms with Gasteiger partial charge in [-0.05, 0) is 31.2 Å². The van der Waals surface area contributed by atoms with Crippen LogP contribution in [0.15, 0.2) is 0 Å². The highest BCUT2D eigenvalue weighted by Gasteiger charge is 2.16. The van der Waals surface area contributed by atoms with E-state index in [9.17, 15) is 0 Å². The first-order valence-electron chi connectivity index (χ1n) is 6.82. The highest BCUT2D eigenvalue weighted by atomic mass is 16.5.